The fraction of sp³-hybridized carbons (Fsp3) is 0.435. The topological polar surface area (TPSA) is 89.6 Å². The number of hydrogen-bond donors (Lipinski definition) is 3. The van der Waals surface area contributed by atoms with Crippen molar-refractivity contribution in [3.8, 4) is 0 Å². The number of amides is 2. The summed E-state index contributed by atoms with van der Waals surface area (Å²) in [7, 11) is 4.21. The van der Waals surface area contributed by atoms with Crippen LogP contribution < -0.4 is 16.0 Å². The van der Waals surface area contributed by atoms with E-state index in [9.17, 15) is 9.59 Å². The van der Waals surface area contributed by atoms with E-state index in [1.54, 1.807) is 18.2 Å². The predicted molar refractivity (Wildman–Crippen MR) is 122 cm³/mol. The van der Waals surface area contributed by atoms with E-state index in [0.29, 0.717) is 41.0 Å². The lowest BCUT2D eigenvalue weighted by Crippen LogP contribution is -2.48. The Kier molecular flexibility index (Phi) is 6.48. The van der Waals surface area contributed by atoms with Crippen LogP contribution in [0.3, 0.4) is 0 Å². The summed E-state index contributed by atoms with van der Waals surface area (Å²) >= 11 is 0. The van der Waals surface area contributed by atoms with Crippen LogP contribution >= 0.6 is 0 Å². The largest absolute Gasteiger partial charge is 0.349 e. The highest BCUT2D eigenvalue weighted by Crippen LogP contribution is 2.30. The zero-order chi connectivity index (χ0) is 21.8. The van der Waals surface area contributed by atoms with Gasteiger partial charge in [-0.25, -0.2) is 4.98 Å². The summed E-state index contributed by atoms with van der Waals surface area (Å²) in [6.07, 6.45) is 3.69. The van der Waals surface area contributed by atoms with Crippen LogP contribution in [0.4, 0.5) is 17.2 Å². The highest BCUT2D eigenvalue weighted by atomic mass is 16.2. The van der Waals surface area contributed by atoms with E-state index >= 15 is 0 Å². The van der Waals surface area contributed by atoms with Crippen LogP contribution in [0.15, 0.2) is 36.4 Å². The molecular weight excluding hydrogens is 392 g/mol. The van der Waals surface area contributed by atoms with E-state index in [2.05, 4.69) is 44.8 Å². The van der Waals surface area contributed by atoms with Gasteiger partial charge in [0.05, 0.1) is 16.9 Å². The molecule has 0 saturated carbocycles. The number of para-hydroxylation sites is 1. The van der Waals surface area contributed by atoms with Crippen LogP contribution in [-0.2, 0) is 0 Å². The molecule has 0 aliphatic carbocycles. The van der Waals surface area contributed by atoms with Gasteiger partial charge in [0.1, 0.15) is 5.69 Å². The normalized spacial score (nSPS) is 18.4. The number of likely N-dealkylation sites (N-methyl/N-ethyl adjacent to an activating group) is 1. The summed E-state index contributed by atoms with van der Waals surface area (Å²) in [4.78, 5) is 34.3. The number of benzene rings is 1. The average Bonchev–Trinajstić information content (AvgIpc) is 2.89. The number of carbonyl (C=O) groups excluding carboxylic acids is 2. The zero-order valence-corrected chi connectivity index (χ0v) is 18.1. The summed E-state index contributed by atoms with van der Waals surface area (Å²) < 4.78 is 0. The van der Waals surface area contributed by atoms with Gasteiger partial charge in [-0.3, -0.25) is 14.5 Å². The fourth-order valence-electron chi connectivity index (χ4n) is 4.28. The molecule has 0 bridgehead atoms. The highest BCUT2D eigenvalue weighted by Gasteiger charge is 2.23. The number of carbonyl (C=O) groups is 2. The first kappa shape index (κ1) is 21.3. The Hall–Kier alpha value is -2.97. The molecule has 3 N–H and O–H groups in total. The monoisotopic (exact) mass is 422 g/mol. The summed E-state index contributed by atoms with van der Waals surface area (Å²) in [5.74, 6) is 0.0531. The molecule has 1 saturated heterocycles. The minimum atomic E-state index is -0.213. The summed E-state index contributed by atoms with van der Waals surface area (Å²) in [6, 6.07) is 11.1. The lowest BCUT2D eigenvalue weighted by molar-refractivity contribution is 0.0918. The molecule has 2 aliphatic heterocycles. The fourth-order valence-corrected chi connectivity index (χ4v) is 4.28. The second-order valence-corrected chi connectivity index (χ2v) is 8.42. The molecule has 2 aliphatic rings. The van der Waals surface area contributed by atoms with E-state index < -0.39 is 0 Å². The van der Waals surface area contributed by atoms with E-state index in [4.69, 9.17) is 0 Å². The van der Waals surface area contributed by atoms with Gasteiger partial charge in [0, 0.05) is 25.7 Å². The van der Waals surface area contributed by atoms with E-state index in [0.717, 1.165) is 19.6 Å². The molecule has 1 fully saturated rings. The standard InChI is InChI=1S/C23H30N6O2/c1-28(2)15-16-7-5-6-13-29(16)14-12-24-23(31)20-11-10-19-21(26-20)25-18-9-4-3-8-17(18)22(30)27-19/h3-4,8-11,16H,5-7,12-15H2,1-2H3,(H,24,31)(H,25,26)(H,27,30). The second kappa shape index (κ2) is 9.45. The number of nitrogens with zero attached hydrogens (tertiary/aromatic N) is 3. The molecule has 8 heteroatoms. The van der Waals surface area contributed by atoms with Crippen molar-refractivity contribution in [1.29, 1.82) is 0 Å². The van der Waals surface area contributed by atoms with Crippen molar-refractivity contribution in [3.63, 3.8) is 0 Å². The Labute approximate surface area is 183 Å². The van der Waals surface area contributed by atoms with Crippen LogP contribution in [-0.4, -0.2) is 72.9 Å². The lowest BCUT2D eigenvalue weighted by Gasteiger charge is -2.37. The molecule has 1 unspecified atom stereocenters. The van der Waals surface area contributed by atoms with Crippen molar-refractivity contribution >= 4 is 29.0 Å². The maximum Gasteiger partial charge on any atom is 0.270 e. The Morgan fingerprint density at radius 3 is 2.84 bits per heavy atom. The molecule has 164 valence electrons. The van der Waals surface area contributed by atoms with E-state index in [1.165, 1.54) is 19.3 Å². The molecular formula is C23H30N6O2. The first-order valence-electron chi connectivity index (χ1n) is 10.9. The number of rotatable bonds is 6. The molecule has 31 heavy (non-hydrogen) atoms. The van der Waals surface area contributed by atoms with Gasteiger partial charge in [-0.05, 0) is 57.7 Å². The quantitative estimate of drug-likeness (QED) is 0.663. The third-order valence-electron chi connectivity index (χ3n) is 5.81. The Balaban J connectivity index is 1.39. The van der Waals surface area contributed by atoms with Crippen LogP contribution in [0.5, 0.6) is 0 Å². The molecule has 8 nitrogen and oxygen atoms in total. The first-order chi connectivity index (χ1) is 15.0. The van der Waals surface area contributed by atoms with Crippen molar-refractivity contribution < 1.29 is 9.59 Å². The van der Waals surface area contributed by atoms with Crippen LogP contribution in [0.2, 0.25) is 0 Å². The van der Waals surface area contributed by atoms with Gasteiger partial charge in [0.15, 0.2) is 5.82 Å². The molecule has 1 aromatic heterocycles. The number of piperidine rings is 1. The Morgan fingerprint density at radius 1 is 1.16 bits per heavy atom. The predicted octanol–water partition coefficient (Wildman–Crippen LogP) is 2.54. The van der Waals surface area contributed by atoms with Crippen molar-refractivity contribution in [2.75, 3.05) is 50.9 Å². The highest BCUT2D eigenvalue weighted by molar-refractivity contribution is 6.11. The molecule has 0 radical (unpaired) electrons. The molecule has 1 aromatic carbocycles. The van der Waals surface area contributed by atoms with Crippen molar-refractivity contribution in [3.05, 3.63) is 47.7 Å². The van der Waals surface area contributed by atoms with Crippen molar-refractivity contribution in [2.24, 2.45) is 0 Å². The molecule has 2 amide bonds. The van der Waals surface area contributed by atoms with Crippen LogP contribution in [0.25, 0.3) is 0 Å². The SMILES string of the molecule is CN(C)CC1CCCCN1CCNC(=O)c1ccc2c(n1)Nc1ccccc1C(=O)N2. The van der Waals surface area contributed by atoms with Crippen molar-refractivity contribution in [2.45, 2.75) is 25.3 Å². The molecule has 3 heterocycles. The number of pyridine rings is 1. The van der Waals surface area contributed by atoms with Gasteiger partial charge in [0.25, 0.3) is 11.8 Å². The minimum absolute atomic E-state index is 0.199. The van der Waals surface area contributed by atoms with E-state index in [-0.39, 0.29) is 11.8 Å². The number of fused-ring (bicyclic) bond motifs is 2. The number of aromatic nitrogens is 1. The second-order valence-electron chi connectivity index (χ2n) is 8.42. The number of anilines is 3. The summed E-state index contributed by atoms with van der Waals surface area (Å²) in [6.45, 7) is 3.53. The maximum absolute atomic E-state index is 12.7. The molecule has 2 aromatic rings. The average molecular weight is 423 g/mol. The van der Waals surface area contributed by atoms with Gasteiger partial charge in [-0.2, -0.15) is 0 Å². The Morgan fingerprint density at radius 2 is 2.00 bits per heavy atom. The van der Waals surface area contributed by atoms with Gasteiger partial charge >= 0.3 is 0 Å². The van der Waals surface area contributed by atoms with Crippen LogP contribution in [0.1, 0.15) is 40.1 Å². The zero-order valence-electron chi connectivity index (χ0n) is 18.1. The minimum Gasteiger partial charge on any atom is -0.349 e. The van der Waals surface area contributed by atoms with Gasteiger partial charge in [-0.15, -0.1) is 0 Å². The van der Waals surface area contributed by atoms with Crippen LogP contribution in [0, 0.1) is 0 Å². The Bertz CT molecular complexity index is 961. The third kappa shape index (κ3) is 5.03. The molecule has 4 rings (SSSR count). The third-order valence-corrected chi connectivity index (χ3v) is 5.81. The summed E-state index contributed by atoms with van der Waals surface area (Å²) in [5, 5.41) is 9.02. The maximum atomic E-state index is 12.7. The number of hydrogen-bond acceptors (Lipinski definition) is 6. The molecule has 1 atom stereocenters. The van der Waals surface area contributed by atoms with Gasteiger partial charge in [0.2, 0.25) is 0 Å². The number of nitrogens with one attached hydrogen (secondary N) is 3. The van der Waals surface area contributed by atoms with Crippen molar-refractivity contribution in [1.82, 2.24) is 20.1 Å². The van der Waals surface area contributed by atoms with E-state index in [1.807, 2.05) is 18.2 Å². The number of likely N-dealkylation sites (tertiary alicyclic amines) is 1. The lowest BCUT2D eigenvalue weighted by atomic mass is 10.0. The summed E-state index contributed by atoms with van der Waals surface area (Å²) in [5.41, 5.74) is 2.09. The first-order valence-corrected chi connectivity index (χ1v) is 10.9. The van der Waals surface area contributed by atoms with Gasteiger partial charge in [-0.1, -0.05) is 18.6 Å². The molecule has 0 spiro atoms. The van der Waals surface area contributed by atoms with Gasteiger partial charge < -0.3 is 20.9 Å². The smallest absolute Gasteiger partial charge is 0.270 e.